The van der Waals surface area contributed by atoms with E-state index in [0.29, 0.717) is 5.56 Å². The van der Waals surface area contributed by atoms with Crippen LogP contribution in [0.15, 0.2) is 0 Å². The Balaban J connectivity index is 2.42. The Hall–Kier alpha value is -3.28. The second kappa shape index (κ2) is 9.03. The van der Waals surface area contributed by atoms with Gasteiger partial charge >= 0.3 is 17.6 Å². The van der Waals surface area contributed by atoms with Crippen molar-refractivity contribution >= 4 is 39.9 Å². The van der Waals surface area contributed by atoms with Gasteiger partial charge in [0.05, 0.1) is 24.2 Å². The van der Waals surface area contributed by atoms with Crippen LogP contribution in [0.1, 0.15) is 56.9 Å². The number of carbonyl (C=O) groups is 3. The van der Waals surface area contributed by atoms with Gasteiger partial charge in [-0.2, -0.15) is 5.10 Å². The van der Waals surface area contributed by atoms with Crippen LogP contribution >= 0.6 is 11.3 Å². The third-order valence-corrected chi connectivity index (χ3v) is 5.64. The third-order valence-electron chi connectivity index (χ3n) is 4.45. The molecule has 1 unspecified atom stereocenters. The van der Waals surface area contributed by atoms with Crippen LogP contribution in [-0.2, 0) is 14.3 Å². The number of methoxy groups -OCH3 is 1. The highest BCUT2D eigenvalue weighted by Gasteiger charge is 2.30. The summed E-state index contributed by atoms with van der Waals surface area (Å²) in [4.78, 5) is 48.1. The Kier molecular flexibility index (Phi) is 6.92. The fourth-order valence-electron chi connectivity index (χ4n) is 2.96. The van der Waals surface area contributed by atoms with Gasteiger partial charge in [-0.15, -0.1) is 11.3 Å². The second-order valence-corrected chi connectivity index (χ2v) is 7.38. The zero-order valence-electron chi connectivity index (χ0n) is 17.4. The molecule has 1 atom stereocenters. The number of amides is 1. The quantitative estimate of drug-likeness (QED) is 0.395. The van der Waals surface area contributed by atoms with Crippen molar-refractivity contribution in [3.63, 3.8) is 0 Å². The summed E-state index contributed by atoms with van der Waals surface area (Å²) in [5, 5.41) is 18.0. The summed E-state index contributed by atoms with van der Waals surface area (Å²) in [6.45, 7) is 7.85. The van der Waals surface area contributed by atoms with E-state index < -0.39 is 28.8 Å². The predicted octanol–water partition coefficient (Wildman–Crippen LogP) is 2.94. The van der Waals surface area contributed by atoms with Crippen molar-refractivity contribution in [2.24, 2.45) is 0 Å². The van der Waals surface area contributed by atoms with Crippen molar-refractivity contribution in [3.05, 3.63) is 37.5 Å². The fourth-order valence-corrected chi connectivity index (χ4v) is 4.06. The molecule has 0 fully saturated rings. The lowest BCUT2D eigenvalue weighted by Crippen LogP contribution is -2.25. The molecule has 12 heteroatoms. The van der Waals surface area contributed by atoms with Crippen LogP contribution in [-0.4, -0.2) is 46.3 Å². The van der Waals surface area contributed by atoms with Crippen LogP contribution in [0.4, 0.5) is 10.7 Å². The molecule has 2 aromatic rings. The average Bonchev–Trinajstić information content (AvgIpc) is 3.16. The Morgan fingerprint density at radius 1 is 1.27 bits per heavy atom. The average molecular weight is 438 g/mol. The van der Waals surface area contributed by atoms with Gasteiger partial charge in [-0.3, -0.25) is 19.6 Å². The number of nitro groups is 1. The van der Waals surface area contributed by atoms with Crippen molar-refractivity contribution in [2.75, 3.05) is 19.0 Å². The van der Waals surface area contributed by atoms with E-state index in [1.54, 1.807) is 13.8 Å². The number of aromatic nitrogens is 2. The molecule has 11 nitrogen and oxygen atoms in total. The SMILES string of the molecule is CCOC(=O)c1sc(NC(=O)C(C)n2nc(C)c([N+](=O)[O-])c2C)c(C(=O)OC)c1C. The lowest BCUT2D eigenvalue weighted by Gasteiger charge is -2.14. The largest absolute Gasteiger partial charge is 0.465 e. The monoisotopic (exact) mass is 438 g/mol. The first-order valence-corrected chi connectivity index (χ1v) is 9.76. The number of ether oxygens (including phenoxy) is 2. The minimum atomic E-state index is -0.920. The molecule has 0 aliphatic heterocycles. The molecule has 30 heavy (non-hydrogen) atoms. The van der Waals surface area contributed by atoms with E-state index in [4.69, 9.17) is 9.47 Å². The number of hydrogen-bond acceptors (Lipinski definition) is 9. The van der Waals surface area contributed by atoms with Gasteiger partial charge in [0.2, 0.25) is 5.91 Å². The van der Waals surface area contributed by atoms with Crippen LogP contribution in [0, 0.1) is 30.9 Å². The first-order valence-electron chi connectivity index (χ1n) is 8.94. The summed E-state index contributed by atoms with van der Waals surface area (Å²) in [5.74, 6) is -1.91. The minimum Gasteiger partial charge on any atom is -0.465 e. The summed E-state index contributed by atoms with van der Waals surface area (Å²) in [5.41, 5.74) is 0.619. The molecule has 0 spiro atoms. The lowest BCUT2D eigenvalue weighted by atomic mass is 10.1. The van der Waals surface area contributed by atoms with E-state index >= 15 is 0 Å². The van der Waals surface area contributed by atoms with Gasteiger partial charge in [-0.25, -0.2) is 9.59 Å². The maximum Gasteiger partial charge on any atom is 0.348 e. The van der Waals surface area contributed by atoms with Crippen molar-refractivity contribution in [3.8, 4) is 0 Å². The number of thiophene rings is 1. The highest BCUT2D eigenvalue weighted by atomic mass is 32.1. The maximum absolute atomic E-state index is 12.8. The fraction of sp³-hybridized carbons (Fsp3) is 0.444. The smallest absolute Gasteiger partial charge is 0.348 e. The molecule has 2 heterocycles. The van der Waals surface area contributed by atoms with Crippen LogP contribution in [0.2, 0.25) is 0 Å². The van der Waals surface area contributed by atoms with E-state index in [-0.39, 0.29) is 39.1 Å². The first-order chi connectivity index (χ1) is 14.0. The molecule has 2 rings (SSSR count). The maximum atomic E-state index is 12.8. The number of esters is 2. The Labute approximate surface area is 176 Å². The molecule has 0 saturated heterocycles. The molecule has 2 aromatic heterocycles. The first kappa shape index (κ1) is 23.0. The molecule has 0 bridgehead atoms. The van der Waals surface area contributed by atoms with Crippen LogP contribution in [0.5, 0.6) is 0 Å². The summed E-state index contributed by atoms with van der Waals surface area (Å²) in [6, 6.07) is -0.920. The van der Waals surface area contributed by atoms with Gasteiger partial charge in [0.1, 0.15) is 27.3 Å². The van der Waals surface area contributed by atoms with Gasteiger partial charge < -0.3 is 14.8 Å². The van der Waals surface area contributed by atoms with Gasteiger partial charge in [-0.1, -0.05) is 0 Å². The number of anilines is 1. The molecule has 162 valence electrons. The van der Waals surface area contributed by atoms with Crippen LogP contribution in [0.3, 0.4) is 0 Å². The standard InChI is InChI=1S/C18H22N4O7S/c1-7-29-18(25)14-8(2)12(17(24)28-6)16(30-14)19-15(23)11(5)21-10(4)13(22(26)27)9(3)20-21/h11H,7H2,1-6H3,(H,19,23). The molecular formula is C18H22N4O7S. The summed E-state index contributed by atoms with van der Waals surface area (Å²) in [6.07, 6.45) is 0. The number of carbonyl (C=O) groups excluding carboxylic acids is 3. The zero-order valence-corrected chi connectivity index (χ0v) is 18.2. The number of hydrogen-bond donors (Lipinski definition) is 1. The lowest BCUT2D eigenvalue weighted by molar-refractivity contribution is -0.386. The van der Waals surface area contributed by atoms with E-state index in [1.165, 1.54) is 32.6 Å². The third kappa shape index (κ3) is 4.17. The van der Waals surface area contributed by atoms with E-state index in [1.807, 2.05) is 0 Å². The van der Waals surface area contributed by atoms with Crippen molar-refractivity contribution < 1.29 is 28.8 Å². The molecule has 1 amide bonds. The van der Waals surface area contributed by atoms with Crippen LogP contribution in [0.25, 0.3) is 0 Å². The highest BCUT2D eigenvalue weighted by molar-refractivity contribution is 7.18. The minimum absolute atomic E-state index is 0.0467. The Bertz CT molecular complexity index is 1020. The predicted molar refractivity (Wildman–Crippen MR) is 108 cm³/mol. The van der Waals surface area contributed by atoms with Crippen molar-refractivity contribution in [2.45, 2.75) is 40.7 Å². The number of nitrogens with one attached hydrogen (secondary N) is 1. The van der Waals surface area contributed by atoms with Crippen LogP contribution < -0.4 is 5.32 Å². The molecule has 0 aliphatic carbocycles. The molecule has 0 aliphatic rings. The van der Waals surface area contributed by atoms with Gasteiger partial charge in [0, 0.05) is 0 Å². The summed E-state index contributed by atoms with van der Waals surface area (Å²) >= 11 is 0.891. The number of rotatable bonds is 7. The second-order valence-electron chi connectivity index (χ2n) is 6.36. The molecule has 0 saturated carbocycles. The number of aryl methyl sites for hydroxylation is 1. The zero-order chi connectivity index (χ0) is 22.7. The molecular weight excluding hydrogens is 416 g/mol. The summed E-state index contributed by atoms with van der Waals surface area (Å²) < 4.78 is 11.0. The van der Waals surface area contributed by atoms with E-state index in [0.717, 1.165) is 11.3 Å². The highest BCUT2D eigenvalue weighted by Crippen LogP contribution is 2.35. The normalized spacial score (nSPS) is 11.7. The topological polar surface area (TPSA) is 143 Å². The molecule has 1 N–H and O–H groups in total. The summed E-state index contributed by atoms with van der Waals surface area (Å²) in [7, 11) is 1.19. The van der Waals surface area contributed by atoms with Crippen molar-refractivity contribution in [1.82, 2.24) is 9.78 Å². The number of nitrogens with zero attached hydrogens (tertiary/aromatic N) is 3. The molecule has 0 aromatic carbocycles. The Morgan fingerprint density at radius 2 is 1.90 bits per heavy atom. The molecule has 0 radical (unpaired) electrons. The van der Waals surface area contributed by atoms with Gasteiger partial charge in [-0.05, 0) is 40.2 Å². The Morgan fingerprint density at radius 3 is 2.40 bits per heavy atom. The van der Waals surface area contributed by atoms with Gasteiger partial charge in [0.25, 0.3) is 0 Å². The van der Waals surface area contributed by atoms with Gasteiger partial charge in [0.15, 0.2) is 0 Å². The van der Waals surface area contributed by atoms with E-state index in [2.05, 4.69) is 10.4 Å². The van der Waals surface area contributed by atoms with Crippen molar-refractivity contribution in [1.29, 1.82) is 0 Å². The van der Waals surface area contributed by atoms with E-state index in [9.17, 15) is 24.5 Å².